The molecule has 0 saturated heterocycles. The molecule has 5 aromatic carbocycles. The zero-order valence-corrected chi connectivity index (χ0v) is 47.1. The summed E-state index contributed by atoms with van der Waals surface area (Å²) in [5, 5.41) is 4.13. The van der Waals surface area contributed by atoms with Gasteiger partial charge in [-0.3, -0.25) is 0 Å². The second-order valence-electron chi connectivity index (χ2n) is 28.1. The number of thiophene rings is 2. The van der Waals surface area contributed by atoms with Crippen molar-refractivity contribution in [2.75, 3.05) is 9.80 Å². The van der Waals surface area contributed by atoms with Crippen molar-refractivity contribution in [2.45, 2.75) is 176 Å². The fourth-order valence-electron chi connectivity index (χ4n) is 14.7. The van der Waals surface area contributed by atoms with Gasteiger partial charge in [-0.1, -0.05) is 151 Å². The molecule has 1 atom stereocenters. The fourth-order valence-corrected chi connectivity index (χ4v) is 17.3. The van der Waals surface area contributed by atoms with Crippen LogP contribution in [0.4, 0.5) is 28.4 Å². The van der Waals surface area contributed by atoms with Crippen molar-refractivity contribution >= 4 is 98.3 Å². The molecule has 4 heterocycles. The highest BCUT2D eigenvalue weighted by molar-refractivity contribution is 7.33. The lowest BCUT2D eigenvalue weighted by Crippen LogP contribution is -2.57. The van der Waals surface area contributed by atoms with Gasteiger partial charge in [0.15, 0.2) is 0 Å². The first-order valence-corrected chi connectivity index (χ1v) is 28.8. The Bertz CT molecular complexity index is 3540. The number of fused-ring (bicyclic) bond motifs is 11. The molecule has 13 rings (SSSR count). The largest absolute Gasteiger partial charge is 0.312 e. The number of allylic oxidation sites excluding steroid dienone is 3. The molecule has 71 heavy (non-hydrogen) atoms. The molecule has 0 N–H and O–H groups in total. The first-order chi connectivity index (χ1) is 33.3. The van der Waals surface area contributed by atoms with E-state index in [1.54, 1.807) is 22.2 Å². The summed E-state index contributed by atoms with van der Waals surface area (Å²) in [5.41, 5.74) is 21.2. The van der Waals surface area contributed by atoms with Crippen LogP contribution >= 0.6 is 22.7 Å². The number of anilines is 5. The van der Waals surface area contributed by atoms with E-state index in [9.17, 15) is 0 Å². The third-order valence-corrected chi connectivity index (χ3v) is 22.2. The highest BCUT2D eigenvalue weighted by Gasteiger charge is 2.53. The Morgan fingerprint density at radius 1 is 0.535 bits per heavy atom. The summed E-state index contributed by atoms with van der Waals surface area (Å²) in [4.78, 5) is 5.61. The summed E-state index contributed by atoms with van der Waals surface area (Å²) < 4.78 is 5.69. The van der Waals surface area contributed by atoms with Crippen molar-refractivity contribution in [3.05, 3.63) is 136 Å². The molecule has 1 fully saturated rings. The van der Waals surface area contributed by atoms with Gasteiger partial charge in [0.2, 0.25) is 0 Å². The molecule has 7 aromatic rings. The topological polar surface area (TPSA) is 6.48 Å². The minimum absolute atomic E-state index is 0.0859. The van der Waals surface area contributed by atoms with Crippen molar-refractivity contribution < 1.29 is 0 Å². The van der Waals surface area contributed by atoms with Crippen LogP contribution in [0, 0.1) is 16.7 Å². The molecule has 2 aliphatic heterocycles. The minimum atomic E-state index is -0.101. The average Bonchev–Trinajstić information content (AvgIpc) is 3.88. The second-order valence-corrected chi connectivity index (χ2v) is 30.3. The molecule has 2 aromatic heterocycles. The number of hydrogen-bond acceptors (Lipinski definition) is 4. The van der Waals surface area contributed by atoms with Crippen LogP contribution in [-0.2, 0) is 27.1 Å². The van der Waals surface area contributed by atoms with E-state index in [2.05, 4.69) is 216 Å². The maximum atomic E-state index is 2.81. The van der Waals surface area contributed by atoms with Crippen LogP contribution in [0.25, 0.3) is 30.3 Å². The fraction of sp³-hybridized carbons (Fsp3) is 0.455. The van der Waals surface area contributed by atoms with E-state index in [0.717, 1.165) is 6.42 Å². The van der Waals surface area contributed by atoms with Gasteiger partial charge in [0.05, 0.1) is 16.1 Å². The Kier molecular flexibility index (Phi) is 9.50. The monoisotopic (exact) mass is 971 g/mol. The van der Waals surface area contributed by atoms with Crippen molar-refractivity contribution in [3.8, 4) is 0 Å². The summed E-state index contributed by atoms with van der Waals surface area (Å²) in [6.07, 6.45) is 11.1. The third kappa shape index (κ3) is 6.55. The first kappa shape index (κ1) is 46.2. The van der Waals surface area contributed by atoms with E-state index in [0.29, 0.717) is 5.92 Å². The van der Waals surface area contributed by atoms with Crippen LogP contribution in [0.1, 0.15) is 177 Å². The molecule has 4 aliphatic carbocycles. The Balaban J connectivity index is 1.19. The van der Waals surface area contributed by atoms with Crippen LogP contribution in [0.15, 0.2) is 108 Å². The first-order valence-electron chi connectivity index (χ1n) is 27.2. The van der Waals surface area contributed by atoms with Crippen LogP contribution < -0.4 is 20.0 Å². The molecule has 0 spiro atoms. The Morgan fingerprint density at radius 2 is 1.14 bits per heavy atom. The van der Waals surface area contributed by atoms with Gasteiger partial charge in [0, 0.05) is 53.1 Å². The zero-order chi connectivity index (χ0) is 49.9. The summed E-state index contributed by atoms with van der Waals surface area (Å²) in [5.74, 6) is 0.478. The number of benzene rings is 5. The van der Waals surface area contributed by atoms with E-state index in [4.69, 9.17) is 0 Å². The molecule has 2 nitrogen and oxygen atoms in total. The Hall–Kier alpha value is -4.58. The quantitative estimate of drug-likeness (QED) is 0.159. The zero-order valence-electron chi connectivity index (χ0n) is 45.5. The van der Waals surface area contributed by atoms with Crippen molar-refractivity contribution in [1.29, 1.82) is 0 Å². The van der Waals surface area contributed by atoms with Crippen molar-refractivity contribution in [1.82, 2.24) is 0 Å². The predicted molar refractivity (Wildman–Crippen MR) is 312 cm³/mol. The van der Waals surface area contributed by atoms with Crippen LogP contribution in [-0.4, -0.2) is 6.71 Å². The van der Waals surface area contributed by atoms with Crippen molar-refractivity contribution in [3.63, 3.8) is 0 Å². The van der Waals surface area contributed by atoms with Gasteiger partial charge < -0.3 is 9.80 Å². The predicted octanol–water partition coefficient (Wildman–Crippen LogP) is 18.4. The van der Waals surface area contributed by atoms with Gasteiger partial charge in [-0.25, -0.2) is 0 Å². The van der Waals surface area contributed by atoms with Gasteiger partial charge in [-0.05, 0) is 177 Å². The van der Waals surface area contributed by atoms with E-state index >= 15 is 0 Å². The SMILES string of the molecule is CC1(C)CCC(C)(C)C2CC3=C(C=C21)N(c1ccc2c(c1)C(C)(C)CCC2(C)C)c1cc(C(C)(C)C)cc2c1B3c1sc3cc4c(cc3c1N2c1cccc2c1sc1ccccc12)C(C)(C)CCC4(C)C. The molecule has 0 bridgehead atoms. The summed E-state index contributed by atoms with van der Waals surface area (Å²) in [6, 6.07) is 34.6. The molecular formula is C66H75BN2S2. The molecule has 0 radical (unpaired) electrons. The number of rotatable bonds is 2. The molecule has 1 unspecified atom stereocenters. The normalized spacial score (nSPS) is 22.9. The highest BCUT2D eigenvalue weighted by atomic mass is 32.1. The van der Waals surface area contributed by atoms with Crippen LogP contribution in [0.3, 0.4) is 0 Å². The van der Waals surface area contributed by atoms with Gasteiger partial charge in [-0.2, -0.15) is 0 Å². The lowest BCUT2D eigenvalue weighted by Gasteiger charge is -2.53. The van der Waals surface area contributed by atoms with Crippen LogP contribution in [0.5, 0.6) is 0 Å². The minimum Gasteiger partial charge on any atom is -0.312 e. The average molecular weight is 971 g/mol. The van der Waals surface area contributed by atoms with E-state index in [1.165, 1.54) is 130 Å². The molecule has 1 saturated carbocycles. The molecule has 0 amide bonds. The van der Waals surface area contributed by atoms with Crippen LogP contribution in [0.2, 0.25) is 0 Å². The van der Waals surface area contributed by atoms with Gasteiger partial charge in [0.1, 0.15) is 0 Å². The molecule has 5 heteroatoms. The maximum Gasteiger partial charge on any atom is 0.260 e. The standard InChI is InChI=1S/C66H75BN2S2/c1-60(2,3)38-31-52-56-53(32-38)69(50-21-18-20-41-40-19-16-17-22-54(40)70-58(41)50)57-42-34-45-48(66(14,15)30-27-63(45,8)9)37-55(42)71-59(57)67(56)49-35-46-47(65(12,13)29-28-64(46,10)11)36-51(49)68(52)39-23-24-43-44(33-39)62(6,7)26-25-61(43,4)5/h16-24,31-34,36-37,46H,25-30,35H2,1-15H3. The molecular weight excluding hydrogens is 896 g/mol. The van der Waals surface area contributed by atoms with Gasteiger partial charge >= 0.3 is 0 Å². The van der Waals surface area contributed by atoms with Crippen molar-refractivity contribution in [2.24, 2.45) is 16.7 Å². The van der Waals surface area contributed by atoms with Gasteiger partial charge in [0.25, 0.3) is 6.71 Å². The van der Waals surface area contributed by atoms with E-state index < -0.39 is 0 Å². The Morgan fingerprint density at radius 3 is 1.83 bits per heavy atom. The Labute approximate surface area is 433 Å². The maximum absolute atomic E-state index is 2.81. The summed E-state index contributed by atoms with van der Waals surface area (Å²) >= 11 is 4.09. The molecule has 6 aliphatic rings. The lowest BCUT2D eigenvalue weighted by atomic mass is 9.33. The number of nitrogens with zero attached hydrogens (tertiary/aromatic N) is 2. The number of hydrogen-bond donors (Lipinski definition) is 0. The van der Waals surface area contributed by atoms with E-state index in [1.807, 2.05) is 11.3 Å². The molecule has 364 valence electrons. The highest BCUT2D eigenvalue weighted by Crippen LogP contribution is 2.61. The third-order valence-electron chi connectivity index (χ3n) is 19.8. The van der Waals surface area contributed by atoms with E-state index in [-0.39, 0.29) is 44.6 Å². The van der Waals surface area contributed by atoms with Gasteiger partial charge in [-0.15, -0.1) is 22.7 Å². The lowest BCUT2D eigenvalue weighted by molar-refractivity contribution is 0.122. The smallest absolute Gasteiger partial charge is 0.260 e. The second kappa shape index (κ2) is 14.6. The summed E-state index contributed by atoms with van der Waals surface area (Å²) in [7, 11) is 0. The summed E-state index contributed by atoms with van der Waals surface area (Å²) in [6.45, 7) is 37.7.